The predicted octanol–water partition coefficient (Wildman–Crippen LogP) is -1.09. The van der Waals surface area contributed by atoms with Crippen LogP contribution in [0.25, 0.3) is 0 Å². The van der Waals surface area contributed by atoms with Crippen LogP contribution in [0.2, 0.25) is 0 Å². The summed E-state index contributed by atoms with van der Waals surface area (Å²) in [6.45, 7) is 2.26. The minimum absolute atomic E-state index is 0.00473. The molecule has 24 heavy (non-hydrogen) atoms. The lowest BCUT2D eigenvalue weighted by molar-refractivity contribution is -0.142. The first-order chi connectivity index (χ1) is 11.4. The maximum Gasteiger partial charge on any atom is 0.326 e. The van der Waals surface area contributed by atoms with Crippen LogP contribution in [0.4, 0.5) is 0 Å². The van der Waals surface area contributed by atoms with E-state index in [9.17, 15) is 24.0 Å². The highest BCUT2D eigenvalue weighted by Gasteiger charge is 2.30. The molecule has 0 aromatic heterocycles. The summed E-state index contributed by atoms with van der Waals surface area (Å²) in [7, 11) is 0. The number of carboxylic acid groups (broad SMARTS) is 1. The van der Waals surface area contributed by atoms with Crippen LogP contribution in [-0.4, -0.2) is 65.7 Å². The average Bonchev–Trinajstić information content (AvgIpc) is 3.05. The number of rotatable bonds is 9. The largest absolute Gasteiger partial charge is 0.480 e. The Kier molecular flexibility index (Phi) is 7.87. The zero-order valence-corrected chi connectivity index (χ0v) is 13.6. The van der Waals surface area contributed by atoms with Crippen LogP contribution in [-0.2, 0) is 24.0 Å². The van der Waals surface area contributed by atoms with E-state index >= 15 is 0 Å². The molecule has 0 radical (unpaired) electrons. The second kappa shape index (κ2) is 9.64. The molecule has 2 unspecified atom stereocenters. The standard InChI is InChI=1S/C15H23N3O6/c1-2-13(21)18-6-5-10(9-18)14(22)16-8-12(20)17-11(15(23)24)4-3-7-19/h7,10-11H,2-6,8-9H2,1H3,(H,16,22)(H,17,20)(H,23,24). The van der Waals surface area contributed by atoms with Gasteiger partial charge < -0.3 is 25.4 Å². The van der Waals surface area contributed by atoms with Crippen molar-refractivity contribution in [3.8, 4) is 0 Å². The van der Waals surface area contributed by atoms with Crippen molar-refractivity contribution in [3.05, 3.63) is 0 Å². The molecule has 1 aliphatic rings. The van der Waals surface area contributed by atoms with E-state index in [0.717, 1.165) is 0 Å². The summed E-state index contributed by atoms with van der Waals surface area (Å²) in [6.07, 6.45) is 1.51. The van der Waals surface area contributed by atoms with Crippen LogP contribution in [0.3, 0.4) is 0 Å². The van der Waals surface area contributed by atoms with E-state index in [1.54, 1.807) is 11.8 Å². The van der Waals surface area contributed by atoms with Gasteiger partial charge in [0, 0.05) is 25.9 Å². The Labute approximate surface area is 139 Å². The molecule has 134 valence electrons. The Hall–Kier alpha value is -2.45. The van der Waals surface area contributed by atoms with Gasteiger partial charge in [-0.1, -0.05) is 6.92 Å². The van der Waals surface area contributed by atoms with E-state index in [2.05, 4.69) is 10.6 Å². The molecule has 0 bridgehead atoms. The number of hydrogen-bond donors (Lipinski definition) is 3. The minimum atomic E-state index is -1.24. The van der Waals surface area contributed by atoms with Gasteiger partial charge in [-0.25, -0.2) is 4.79 Å². The van der Waals surface area contributed by atoms with Gasteiger partial charge >= 0.3 is 5.97 Å². The van der Waals surface area contributed by atoms with Crippen molar-refractivity contribution < 1.29 is 29.1 Å². The number of carbonyl (C=O) groups excluding carboxylic acids is 4. The van der Waals surface area contributed by atoms with Crippen molar-refractivity contribution in [2.75, 3.05) is 19.6 Å². The van der Waals surface area contributed by atoms with E-state index in [4.69, 9.17) is 5.11 Å². The molecule has 3 amide bonds. The van der Waals surface area contributed by atoms with Crippen LogP contribution < -0.4 is 10.6 Å². The van der Waals surface area contributed by atoms with Gasteiger partial charge in [0.15, 0.2) is 0 Å². The smallest absolute Gasteiger partial charge is 0.326 e. The monoisotopic (exact) mass is 341 g/mol. The Bertz CT molecular complexity index is 507. The van der Waals surface area contributed by atoms with Crippen molar-refractivity contribution in [2.24, 2.45) is 5.92 Å². The molecule has 3 N–H and O–H groups in total. The van der Waals surface area contributed by atoms with Gasteiger partial charge in [0.25, 0.3) is 0 Å². The lowest BCUT2D eigenvalue weighted by Crippen LogP contribution is -2.46. The lowest BCUT2D eigenvalue weighted by Gasteiger charge is -2.16. The number of nitrogens with zero attached hydrogens (tertiary/aromatic N) is 1. The summed E-state index contributed by atoms with van der Waals surface area (Å²) in [5.41, 5.74) is 0. The van der Waals surface area contributed by atoms with Crippen molar-refractivity contribution in [2.45, 2.75) is 38.6 Å². The van der Waals surface area contributed by atoms with Crippen molar-refractivity contribution in [1.82, 2.24) is 15.5 Å². The quantitative estimate of drug-likeness (QED) is 0.456. The van der Waals surface area contributed by atoms with E-state index in [1.165, 1.54) is 0 Å². The number of likely N-dealkylation sites (tertiary alicyclic amines) is 1. The molecule has 9 heteroatoms. The number of amides is 3. The highest BCUT2D eigenvalue weighted by Crippen LogP contribution is 2.16. The lowest BCUT2D eigenvalue weighted by atomic mass is 10.1. The third-order valence-corrected chi connectivity index (χ3v) is 3.84. The zero-order valence-electron chi connectivity index (χ0n) is 13.6. The van der Waals surface area contributed by atoms with Crippen molar-refractivity contribution >= 4 is 30.0 Å². The number of hydrogen-bond acceptors (Lipinski definition) is 5. The van der Waals surface area contributed by atoms with Gasteiger partial charge in [-0.05, 0) is 12.8 Å². The molecule has 0 aromatic rings. The topological polar surface area (TPSA) is 133 Å². The summed E-state index contributed by atoms with van der Waals surface area (Å²) in [4.78, 5) is 58.2. The van der Waals surface area contributed by atoms with Gasteiger partial charge in [0.05, 0.1) is 12.5 Å². The molecule has 0 aromatic carbocycles. The predicted molar refractivity (Wildman–Crippen MR) is 82.9 cm³/mol. The number of carbonyl (C=O) groups is 5. The second-order valence-corrected chi connectivity index (χ2v) is 5.60. The third-order valence-electron chi connectivity index (χ3n) is 3.84. The van der Waals surface area contributed by atoms with Crippen LogP contribution in [0.15, 0.2) is 0 Å². The summed E-state index contributed by atoms with van der Waals surface area (Å²) in [5, 5.41) is 13.7. The summed E-state index contributed by atoms with van der Waals surface area (Å²) in [5.74, 6) is -2.58. The highest BCUT2D eigenvalue weighted by molar-refractivity contribution is 5.89. The molecule has 2 atom stereocenters. The molecule has 1 heterocycles. The zero-order chi connectivity index (χ0) is 18.1. The van der Waals surface area contributed by atoms with Crippen LogP contribution >= 0.6 is 0 Å². The fourth-order valence-electron chi connectivity index (χ4n) is 2.47. The summed E-state index contributed by atoms with van der Waals surface area (Å²) >= 11 is 0. The highest BCUT2D eigenvalue weighted by atomic mass is 16.4. The average molecular weight is 341 g/mol. The Morgan fingerprint density at radius 1 is 1.33 bits per heavy atom. The Morgan fingerprint density at radius 2 is 2.04 bits per heavy atom. The number of aldehydes is 1. The van der Waals surface area contributed by atoms with E-state index in [-0.39, 0.29) is 37.1 Å². The number of carboxylic acids is 1. The second-order valence-electron chi connectivity index (χ2n) is 5.60. The molecule has 1 fully saturated rings. The number of nitrogens with one attached hydrogen (secondary N) is 2. The summed E-state index contributed by atoms with van der Waals surface area (Å²) < 4.78 is 0. The third kappa shape index (κ3) is 5.98. The van der Waals surface area contributed by atoms with Crippen LogP contribution in [0.5, 0.6) is 0 Å². The first kappa shape index (κ1) is 19.6. The van der Waals surface area contributed by atoms with E-state index < -0.39 is 17.9 Å². The Balaban J connectivity index is 2.38. The minimum Gasteiger partial charge on any atom is -0.480 e. The SMILES string of the molecule is CCC(=O)N1CCC(C(=O)NCC(=O)NC(CCC=O)C(=O)O)C1. The van der Waals surface area contributed by atoms with Gasteiger partial charge in [-0.15, -0.1) is 0 Å². The fraction of sp³-hybridized carbons (Fsp3) is 0.667. The molecular formula is C15H23N3O6. The maximum atomic E-state index is 12.0. The summed E-state index contributed by atoms with van der Waals surface area (Å²) in [6, 6.07) is -1.16. The normalized spacial score (nSPS) is 17.9. The first-order valence-corrected chi connectivity index (χ1v) is 7.90. The maximum absolute atomic E-state index is 12.0. The first-order valence-electron chi connectivity index (χ1n) is 7.90. The van der Waals surface area contributed by atoms with Crippen LogP contribution in [0.1, 0.15) is 32.6 Å². The molecule has 1 saturated heterocycles. The molecule has 1 aliphatic heterocycles. The molecular weight excluding hydrogens is 318 g/mol. The van der Waals surface area contributed by atoms with Crippen molar-refractivity contribution in [3.63, 3.8) is 0 Å². The molecule has 0 aliphatic carbocycles. The van der Waals surface area contributed by atoms with E-state index in [1.807, 2.05) is 0 Å². The van der Waals surface area contributed by atoms with Crippen molar-refractivity contribution in [1.29, 1.82) is 0 Å². The molecule has 1 rings (SSSR count). The molecule has 9 nitrogen and oxygen atoms in total. The fourth-order valence-corrected chi connectivity index (χ4v) is 2.47. The number of aliphatic carboxylic acids is 1. The van der Waals surface area contributed by atoms with E-state index in [0.29, 0.717) is 32.2 Å². The molecule has 0 saturated carbocycles. The Morgan fingerprint density at radius 3 is 2.62 bits per heavy atom. The molecule has 0 spiro atoms. The van der Waals surface area contributed by atoms with Crippen LogP contribution in [0, 0.1) is 5.92 Å². The van der Waals surface area contributed by atoms with Gasteiger partial charge in [0.2, 0.25) is 17.7 Å². The van der Waals surface area contributed by atoms with Gasteiger partial charge in [-0.3, -0.25) is 14.4 Å². The van der Waals surface area contributed by atoms with Gasteiger partial charge in [0.1, 0.15) is 12.3 Å². The van der Waals surface area contributed by atoms with Gasteiger partial charge in [-0.2, -0.15) is 0 Å².